The molecule has 0 spiro atoms. The molecule has 2 rings (SSSR count). The van der Waals surface area contributed by atoms with Crippen LogP contribution in [0.2, 0.25) is 0 Å². The molecule has 0 atom stereocenters. The number of benzene rings is 1. The van der Waals surface area contributed by atoms with E-state index < -0.39 is 10.0 Å². The van der Waals surface area contributed by atoms with E-state index in [9.17, 15) is 8.42 Å². The lowest BCUT2D eigenvalue weighted by Crippen LogP contribution is -2.25. The summed E-state index contributed by atoms with van der Waals surface area (Å²) in [5.74, 6) is 0. The summed E-state index contributed by atoms with van der Waals surface area (Å²) in [7, 11) is -3.34. The Balaban J connectivity index is 2.29. The van der Waals surface area contributed by atoms with E-state index in [2.05, 4.69) is 4.72 Å². The van der Waals surface area contributed by atoms with Crippen molar-refractivity contribution in [2.75, 3.05) is 0 Å². The topological polar surface area (TPSA) is 72.2 Å². The van der Waals surface area contributed by atoms with Crippen LogP contribution in [0.1, 0.15) is 24.0 Å². The summed E-state index contributed by atoms with van der Waals surface area (Å²) in [5, 5.41) is 0. The van der Waals surface area contributed by atoms with Crippen LogP contribution < -0.4 is 10.5 Å². The average Bonchev–Trinajstić information content (AvgIpc) is 3.01. The molecule has 1 fully saturated rings. The van der Waals surface area contributed by atoms with Gasteiger partial charge in [0.05, 0.1) is 4.90 Å². The normalized spacial score (nSPS) is 16.4. The van der Waals surface area contributed by atoms with Crippen LogP contribution in [0.5, 0.6) is 0 Å². The van der Waals surface area contributed by atoms with Crippen LogP contribution in [0.4, 0.5) is 0 Å². The molecule has 0 unspecified atom stereocenters. The maximum atomic E-state index is 11.9. The van der Waals surface area contributed by atoms with Crippen LogP contribution in [0.25, 0.3) is 0 Å². The fourth-order valence-electron chi connectivity index (χ4n) is 1.55. The number of sulfonamides is 1. The fourth-order valence-corrected chi connectivity index (χ4v) is 2.94. The molecule has 1 aliphatic carbocycles. The van der Waals surface area contributed by atoms with Crippen molar-refractivity contribution in [3.05, 3.63) is 29.3 Å². The first kappa shape index (κ1) is 11.6. The second kappa shape index (κ2) is 4.16. The molecular weight excluding hydrogens is 224 g/mol. The molecule has 3 N–H and O–H groups in total. The SMILES string of the molecule is Cc1cc(S(=O)(=O)NC2CC2)ccc1CN. The quantitative estimate of drug-likeness (QED) is 0.821. The molecule has 0 aromatic heterocycles. The van der Waals surface area contributed by atoms with Crippen molar-refractivity contribution in [3.8, 4) is 0 Å². The van der Waals surface area contributed by atoms with Gasteiger partial charge in [0.2, 0.25) is 10.0 Å². The Morgan fingerprint density at radius 2 is 2.12 bits per heavy atom. The Hall–Kier alpha value is -0.910. The van der Waals surface area contributed by atoms with Crippen LogP contribution in [-0.2, 0) is 16.6 Å². The van der Waals surface area contributed by atoms with Crippen molar-refractivity contribution in [2.24, 2.45) is 5.73 Å². The van der Waals surface area contributed by atoms with E-state index in [4.69, 9.17) is 5.73 Å². The largest absolute Gasteiger partial charge is 0.326 e. The molecule has 1 aromatic carbocycles. The van der Waals surface area contributed by atoms with E-state index in [1.165, 1.54) is 0 Å². The van der Waals surface area contributed by atoms with Crippen LogP contribution in [0, 0.1) is 6.92 Å². The van der Waals surface area contributed by atoms with Gasteiger partial charge in [0.1, 0.15) is 0 Å². The number of nitrogens with two attached hydrogens (primary N) is 1. The molecule has 0 saturated heterocycles. The number of rotatable bonds is 4. The highest BCUT2D eigenvalue weighted by molar-refractivity contribution is 7.89. The van der Waals surface area contributed by atoms with Gasteiger partial charge >= 0.3 is 0 Å². The van der Waals surface area contributed by atoms with Crippen molar-refractivity contribution in [3.63, 3.8) is 0 Å². The highest BCUT2D eigenvalue weighted by atomic mass is 32.2. The molecule has 0 amide bonds. The van der Waals surface area contributed by atoms with Crippen molar-refractivity contribution in [2.45, 2.75) is 37.2 Å². The summed E-state index contributed by atoms with van der Waals surface area (Å²) in [6, 6.07) is 5.20. The summed E-state index contributed by atoms with van der Waals surface area (Å²) in [5.41, 5.74) is 7.43. The third kappa shape index (κ3) is 2.42. The fraction of sp³-hybridized carbons (Fsp3) is 0.455. The highest BCUT2D eigenvalue weighted by Gasteiger charge is 2.27. The molecule has 0 bridgehead atoms. The smallest absolute Gasteiger partial charge is 0.240 e. The van der Waals surface area contributed by atoms with Gasteiger partial charge in [0.25, 0.3) is 0 Å². The van der Waals surface area contributed by atoms with Gasteiger partial charge in [0.15, 0.2) is 0 Å². The summed E-state index contributed by atoms with van der Waals surface area (Å²) in [4.78, 5) is 0.328. The second-order valence-corrected chi connectivity index (χ2v) is 5.90. The Kier molecular flexibility index (Phi) is 3.01. The van der Waals surface area contributed by atoms with Gasteiger partial charge in [-0.2, -0.15) is 0 Å². The van der Waals surface area contributed by atoms with Crippen molar-refractivity contribution >= 4 is 10.0 Å². The average molecular weight is 240 g/mol. The molecular formula is C11H16N2O2S. The van der Waals surface area contributed by atoms with Gasteiger partial charge in [-0.25, -0.2) is 13.1 Å². The predicted molar refractivity (Wildman–Crippen MR) is 62.4 cm³/mol. The van der Waals surface area contributed by atoms with Crippen LogP contribution >= 0.6 is 0 Å². The van der Waals surface area contributed by atoms with Crippen molar-refractivity contribution < 1.29 is 8.42 Å². The van der Waals surface area contributed by atoms with E-state index >= 15 is 0 Å². The number of hydrogen-bond donors (Lipinski definition) is 2. The second-order valence-electron chi connectivity index (χ2n) is 4.19. The molecule has 1 saturated carbocycles. The molecule has 4 nitrogen and oxygen atoms in total. The first-order chi connectivity index (χ1) is 7.53. The zero-order valence-corrected chi connectivity index (χ0v) is 10.0. The van der Waals surface area contributed by atoms with Crippen LogP contribution in [-0.4, -0.2) is 14.5 Å². The maximum absolute atomic E-state index is 11.9. The van der Waals surface area contributed by atoms with Gasteiger partial charge in [-0.05, 0) is 43.0 Å². The molecule has 1 aliphatic rings. The third-order valence-corrected chi connectivity index (χ3v) is 4.26. The lowest BCUT2D eigenvalue weighted by Gasteiger charge is -2.08. The summed E-state index contributed by atoms with van der Waals surface area (Å²) in [6.07, 6.45) is 1.89. The minimum absolute atomic E-state index is 0.138. The lowest BCUT2D eigenvalue weighted by molar-refractivity contribution is 0.581. The molecule has 1 aromatic rings. The molecule has 16 heavy (non-hydrogen) atoms. The Morgan fingerprint density at radius 1 is 1.44 bits per heavy atom. The summed E-state index contributed by atoms with van der Waals surface area (Å²) in [6.45, 7) is 2.31. The highest BCUT2D eigenvalue weighted by Crippen LogP contribution is 2.23. The first-order valence-electron chi connectivity index (χ1n) is 5.35. The molecule has 88 valence electrons. The minimum Gasteiger partial charge on any atom is -0.326 e. The molecule has 0 aliphatic heterocycles. The van der Waals surface area contributed by atoms with Crippen molar-refractivity contribution in [1.82, 2.24) is 4.72 Å². The van der Waals surface area contributed by atoms with E-state index in [0.29, 0.717) is 11.4 Å². The molecule has 0 radical (unpaired) electrons. The van der Waals surface area contributed by atoms with Crippen LogP contribution in [0.3, 0.4) is 0 Å². The van der Waals surface area contributed by atoms with Gasteiger partial charge in [-0.15, -0.1) is 0 Å². The molecule has 5 heteroatoms. The third-order valence-electron chi connectivity index (χ3n) is 2.74. The van der Waals surface area contributed by atoms with Gasteiger partial charge in [-0.1, -0.05) is 6.07 Å². The summed E-state index contributed by atoms with van der Waals surface area (Å²) < 4.78 is 26.4. The molecule has 0 heterocycles. The van der Waals surface area contributed by atoms with E-state index in [-0.39, 0.29) is 6.04 Å². The van der Waals surface area contributed by atoms with E-state index in [1.807, 2.05) is 6.92 Å². The van der Waals surface area contributed by atoms with E-state index in [0.717, 1.165) is 24.0 Å². The Morgan fingerprint density at radius 3 is 2.62 bits per heavy atom. The summed E-state index contributed by atoms with van der Waals surface area (Å²) >= 11 is 0. The van der Waals surface area contributed by atoms with E-state index in [1.54, 1.807) is 18.2 Å². The van der Waals surface area contributed by atoms with Gasteiger partial charge in [0, 0.05) is 12.6 Å². The number of nitrogens with one attached hydrogen (secondary N) is 1. The standard InChI is InChI=1S/C11H16N2O2S/c1-8-6-11(5-2-9(8)7-12)16(14,15)13-10-3-4-10/h2,5-6,10,13H,3-4,7,12H2,1H3. The Bertz CT molecular complexity index is 493. The van der Waals surface area contributed by atoms with Crippen LogP contribution in [0.15, 0.2) is 23.1 Å². The predicted octanol–water partition coefficient (Wildman–Crippen LogP) is 0.894. The first-order valence-corrected chi connectivity index (χ1v) is 6.83. The zero-order valence-electron chi connectivity index (χ0n) is 9.23. The zero-order chi connectivity index (χ0) is 11.8. The van der Waals surface area contributed by atoms with Gasteiger partial charge in [-0.3, -0.25) is 0 Å². The number of hydrogen-bond acceptors (Lipinski definition) is 3. The lowest BCUT2D eigenvalue weighted by atomic mass is 10.1. The van der Waals surface area contributed by atoms with Gasteiger partial charge < -0.3 is 5.73 Å². The minimum atomic E-state index is -3.34. The maximum Gasteiger partial charge on any atom is 0.240 e. The monoisotopic (exact) mass is 240 g/mol. The Labute approximate surface area is 95.9 Å². The number of aryl methyl sites for hydroxylation is 1. The van der Waals surface area contributed by atoms with Crippen molar-refractivity contribution in [1.29, 1.82) is 0 Å².